The fourth-order valence-corrected chi connectivity index (χ4v) is 5.10. The Balaban J connectivity index is 1.36. The van der Waals surface area contributed by atoms with E-state index >= 15 is 0 Å². The second-order valence-corrected chi connectivity index (χ2v) is 10.8. The number of aryl methyl sites for hydroxylation is 2. The number of nitriles is 1. The van der Waals surface area contributed by atoms with Crippen molar-refractivity contribution < 1.29 is 14.3 Å². The molecule has 8 nitrogen and oxygen atoms in total. The fraction of sp³-hybridized carbons (Fsp3) is 0.355. The predicted octanol–water partition coefficient (Wildman–Crippen LogP) is 7.14. The summed E-state index contributed by atoms with van der Waals surface area (Å²) in [6.07, 6.45) is 5.75. The zero-order chi connectivity index (χ0) is 27.1. The molecule has 2 fully saturated rings. The van der Waals surface area contributed by atoms with Crippen molar-refractivity contribution in [2.45, 2.75) is 59.1 Å². The van der Waals surface area contributed by atoms with Crippen LogP contribution in [0.15, 0.2) is 48.7 Å². The molecule has 2 aliphatic carbocycles. The normalized spacial score (nSPS) is 15.5. The Bertz CT molecular complexity index is 1610. The number of hydrogen-bond donors (Lipinski definition) is 1. The molecule has 39 heavy (non-hydrogen) atoms. The highest BCUT2D eigenvalue weighted by Crippen LogP contribution is 2.41. The number of nitrogens with zero attached hydrogens (tertiary/aromatic N) is 4. The van der Waals surface area contributed by atoms with E-state index in [1.165, 1.54) is 12.8 Å². The van der Waals surface area contributed by atoms with Crippen molar-refractivity contribution in [1.29, 1.82) is 5.26 Å². The molecule has 6 rings (SSSR count). The summed E-state index contributed by atoms with van der Waals surface area (Å²) in [5.74, 6) is 1.68. The lowest BCUT2D eigenvalue weighted by Gasteiger charge is -2.16. The summed E-state index contributed by atoms with van der Waals surface area (Å²) in [5, 5.41) is 14.0. The first-order chi connectivity index (χ1) is 18.9. The summed E-state index contributed by atoms with van der Waals surface area (Å²) in [6.45, 7) is 6.66. The average Bonchev–Trinajstić information content (AvgIpc) is 3.82. The van der Waals surface area contributed by atoms with Gasteiger partial charge in [-0.15, -0.1) is 0 Å². The van der Waals surface area contributed by atoms with Crippen LogP contribution in [0.1, 0.15) is 49.4 Å². The molecule has 2 heterocycles. The van der Waals surface area contributed by atoms with E-state index in [1.54, 1.807) is 6.20 Å². The van der Waals surface area contributed by atoms with Crippen LogP contribution in [0.5, 0.6) is 11.8 Å². The second kappa shape index (κ2) is 10.1. The molecule has 0 radical (unpaired) electrons. The minimum atomic E-state index is -0.438. The van der Waals surface area contributed by atoms with E-state index in [-0.39, 0.29) is 6.10 Å². The van der Waals surface area contributed by atoms with Crippen molar-refractivity contribution in [3.63, 3.8) is 0 Å². The van der Waals surface area contributed by atoms with Gasteiger partial charge in [-0.2, -0.15) is 5.26 Å². The minimum Gasteiger partial charge on any atom is -0.446 e. The number of carbonyl (C=O) groups excluding carboxylic acids is 1. The zero-order valence-electron chi connectivity index (χ0n) is 22.4. The Morgan fingerprint density at radius 1 is 1.15 bits per heavy atom. The third-order valence-electron chi connectivity index (χ3n) is 7.57. The van der Waals surface area contributed by atoms with Gasteiger partial charge in [-0.3, -0.25) is 5.32 Å². The lowest BCUT2D eigenvalue weighted by Crippen LogP contribution is -2.21. The number of benzene rings is 2. The highest BCUT2D eigenvalue weighted by molar-refractivity contribution is 5.96. The first-order valence-corrected chi connectivity index (χ1v) is 13.5. The predicted molar refractivity (Wildman–Crippen MR) is 149 cm³/mol. The molecule has 0 spiro atoms. The summed E-state index contributed by atoms with van der Waals surface area (Å²) >= 11 is 0. The van der Waals surface area contributed by atoms with Gasteiger partial charge in [0.15, 0.2) is 0 Å². The highest BCUT2D eigenvalue weighted by atomic mass is 16.6. The van der Waals surface area contributed by atoms with E-state index in [1.807, 2.05) is 63.2 Å². The second-order valence-electron chi connectivity index (χ2n) is 10.8. The fourth-order valence-electron chi connectivity index (χ4n) is 5.10. The molecule has 1 N–H and O–H groups in total. The van der Waals surface area contributed by atoms with E-state index in [0.29, 0.717) is 34.8 Å². The van der Waals surface area contributed by atoms with Crippen molar-refractivity contribution in [3.05, 3.63) is 65.5 Å². The SMILES string of the molecule is Cc1ccnc(Oc2ccc3c(C#N)c(-c4ccc(NC(=O)O[C@H](C)C5CC5)cc4C)n(CC4CC4)c3c2)n1. The lowest BCUT2D eigenvalue weighted by molar-refractivity contribution is 0.108. The van der Waals surface area contributed by atoms with Crippen LogP contribution in [0, 0.1) is 37.0 Å². The highest BCUT2D eigenvalue weighted by Gasteiger charge is 2.31. The van der Waals surface area contributed by atoms with Gasteiger partial charge < -0.3 is 14.0 Å². The van der Waals surface area contributed by atoms with E-state index < -0.39 is 6.09 Å². The summed E-state index contributed by atoms with van der Waals surface area (Å²) in [5.41, 5.74) is 5.87. The maximum Gasteiger partial charge on any atom is 0.411 e. The van der Waals surface area contributed by atoms with Gasteiger partial charge >= 0.3 is 12.1 Å². The molecule has 8 heteroatoms. The molecule has 0 bridgehead atoms. The third kappa shape index (κ3) is 5.30. The summed E-state index contributed by atoms with van der Waals surface area (Å²) in [6, 6.07) is 16.1. The van der Waals surface area contributed by atoms with Crippen molar-refractivity contribution >= 4 is 22.7 Å². The average molecular weight is 522 g/mol. The Labute approximate surface area is 227 Å². The number of fused-ring (bicyclic) bond motifs is 1. The Hall–Kier alpha value is -4.38. The van der Waals surface area contributed by atoms with Crippen LogP contribution < -0.4 is 10.1 Å². The van der Waals surface area contributed by atoms with Crippen molar-refractivity contribution in [2.24, 2.45) is 11.8 Å². The minimum absolute atomic E-state index is 0.0759. The number of ether oxygens (including phenoxy) is 2. The van der Waals surface area contributed by atoms with Crippen LogP contribution in [0.4, 0.5) is 10.5 Å². The molecule has 0 aliphatic heterocycles. The summed E-state index contributed by atoms with van der Waals surface area (Å²) < 4.78 is 13.8. The number of rotatable bonds is 8. The standard InChI is InChI=1S/C31H31N5O3/c1-18-14-23(35-31(37)38-20(3)22-6-7-22)8-10-25(18)29-27(16-32)26-11-9-24(39-30-33-13-12-19(2)34-30)15-28(26)36(29)17-21-4-5-21/h8-15,20-22H,4-7,17H2,1-3H3,(H,35,37)/t20-/m1/s1. The topological polar surface area (TPSA) is 102 Å². The van der Waals surface area contributed by atoms with Gasteiger partial charge in [0.25, 0.3) is 0 Å². The molecule has 0 saturated heterocycles. The zero-order valence-corrected chi connectivity index (χ0v) is 22.4. The molecule has 1 amide bonds. The van der Waals surface area contributed by atoms with E-state index in [9.17, 15) is 10.1 Å². The molecule has 1 atom stereocenters. The Morgan fingerprint density at radius 3 is 2.67 bits per heavy atom. The number of aromatic nitrogens is 3. The molecule has 4 aromatic rings. The number of anilines is 1. The molecule has 2 aromatic heterocycles. The first-order valence-electron chi connectivity index (χ1n) is 13.5. The van der Waals surface area contributed by atoms with Crippen LogP contribution in [0.2, 0.25) is 0 Å². The van der Waals surface area contributed by atoms with E-state index in [4.69, 9.17) is 9.47 Å². The lowest BCUT2D eigenvalue weighted by atomic mass is 10.0. The summed E-state index contributed by atoms with van der Waals surface area (Å²) in [7, 11) is 0. The van der Waals surface area contributed by atoms with Crippen LogP contribution in [-0.2, 0) is 11.3 Å². The number of carbonyl (C=O) groups is 1. The third-order valence-corrected chi connectivity index (χ3v) is 7.57. The van der Waals surface area contributed by atoms with Crippen molar-refractivity contribution in [3.8, 4) is 29.1 Å². The molecule has 2 aliphatic rings. The molecular weight excluding hydrogens is 490 g/mol. The Kier molecular flexibility index (Phi) is 6.43. The van der Waals surface area contributed by atoms with Crippen molar-refractivity contribution in [1.82, 2.24) is 14.5 Å². The smallest absolute Gasteiger partial charge is 0.411 e. The van der Waals surface area contributed by atoms with Crippen LogP contribution >= 0.6 is 0 Å². The van der Waals surface area contributed by atoms with Crippen LogP contribution in [-0.4, -0.2) is 26.7 Å². The molecule has 0 unspecified atom stereocenters. The number of amides is 1. The first kappa shape index (κ1) is 24.9. The van der Waals surface area contributed by atoms with Gasteiger partial charge in [0.2, 0.25) is 0 Å². The van der Waals surface area contributed by atoms with Gasteiger partial charge in [-0.25, -0.2) is 14.8 Å². The van der Waals surface area contributed by atoms with Gasteiger partial charge in [-0.1, -0.05) is 6.07 Å². The van der Waals surface area contributed by atoms with Gasteiger partial charge in [0.05, 0.1) is 16.8 Å². The number of hydrogen-bond acceptors (Lipinski definition) is 6. The van der Waals surface area contributed by atoms with E-state index in [0.717, 1.165) is 52.8 Å². The largest absolute Gasteiger partial charge is 0.446 e. The van der Waals surface area contributed by atoms with E-state index in [2.05, 4.69) is 25.9 Å². The van der Waals surface area contributed by atoms with Gasteiger partial charge in [-0.05, 0) is 94.2 Å². The monoisotopic (exact) mass is 521 g/mol. The maximum absolute atomic E-state index is 12.4. The maximum atomic E-state index is 12.4. The molecule has 198 valence electrons. The van der Waals surface area contributed by atoms with Gasteiger partial charge in [0, 0.05) is 41.1 Å². The van der Waals surface area contributed by atoms with Gasteiger partial charge in [0.1, 0.15) is 17.9 Å². The number of nitrogens with one attached hydrogen (secondary N) is 1. The molecule has 2 aromatic carbocycles. The Morgan fingerprint density at radius 2 is 1.97 bits per heavy atom. The molecular formula is C31H31N5O3. The van der Waals surface area contributed by atoms with Crippen LogP contribution in [0.3, 0.4) is 0 Å². The van der Waals surface area contributed by atoms with Crippen LogP contribution in [0.25, 0.3) is 22.2 Å². The molecule has 2 saturated carbocycles. The summed E-state index contributed by atoms with van der Waals surface area (Å²) in [4.78, 5) is 21.0. The van der Waals surface area contributed by atoms with Crippen molar-refractivity contribution in [2.75, 3.05) is 5.32 Å². The quantitative estimate of drug-likeness (QED) is 0.264.